The summed E-state index contributed by atoms with van der Waals surface area (Å²) in [4.78, 5) is 15.3. The van der Waals surface area contributed by atoms with E-state index < -0.39 is 0 Å². The van der Waals surface area contributed by atoms with Crippen molar-refractivity contribution in [1.82, 2.24) is 0 Å². The molecule has 0 fully saturated rings. The largest absolute Gasteiger partial charge is 0.493 e. The van der Waals surface area contributed by atoms with Crippen LogP contribution in [-0.4, -0.2) is 45.4 Å². The molecule has 0 saturated carbocycles. The van der Waals surface area contributed by atoms with Gasteiger partial charge in [-0.25, -0.2) is 0 Å². The normalized spacial score (nSPS) is 12.3. The molecule has 2 aromatic rings. The van der Waals surface area contributed by atoms with Crippen LogP contribution in [0.15, 0.2) is 41.4 Å². The number of rotatable bonds is 9. The average Bonchev–Trinajstić information content (AvgIpc) is 2.74. The first-order valence-electron chi connectivity index (χ1n) is 9.84. The Kier molecular flexibility index (Phi) is 7.51. The SMILES string of the molecule is COCCCOc1cc(CCC(=O)N=C(N)N)ccc1-c1ccc2c(c1)OCCO2. The molecule has 1 amide bonds. The van der Waals surface area contributed by atoms with Gasteiger partial charge in [0.1, 0.15) is 19.0 Å². The van der Waals surface area contributed by atoms with Crippen LogP contribution in [0.1, 0.15) is 18.4 Å². The van der Waals surface area contributed by atoms with Crippen LogP contribution in [0.4, 0.5) is 0 Å². The lowest BCUT2D eigenvalue weighted by Gasteiger charge is -2.20. The van der Waals surface area contributed by atoms with E-state index in [2.05, 4.69) is 4.99 Å². The van der Waals surface area contributed by atoms with Crippen LogP contribution in [0.2, 0.25) is 0 Å². The molecular formula is C22H27N3O5. The molecule has 8 heteroatoms. The number of nitrogens with two attached hydrogens (primary N) is 2. The molecule has 1 heterocycles. The molecule has 8 nitrogen and oxygen atoms in total. The van der Waals surface area contributed by atoms with E-state index in [9.17, 15) is 4.79 Å². The van der Waals surface area contributed by atoms with Gasteiger partial charge in [0, 0.05) is 32.1 Å². The number of guanidine groups is 1. The lowest BCUT2D eigenvalue weighted by molar-refractivity contribution is -0.117. The summed E-state index contributed by atoms with van der Waals surface area (Å²) in [5.41, 5.74) is 13.4. The van der Waals surface area contributed by atoms with Gasteiger partial charge in [0.2, 0.25) is 5.91 Å². The van der Waals surface area contributed by atoms with E-state index in [1.165, 1.54) is 0 Å². The van der Waals surface area contributed by atoms with Gasteiger partial charge in [-0.15, -0.1) is 0 Å². The number of amides is 1. The van der Waals surface area contributed by atoms with Crippen LogP contribution < -0.4 is 25.7 Å². The molecular weight excluding hydrogens is 386 g/mol. The van der Waals surface area contributed by atoms with Crippen molar-refractivity contribution in [3.8, 4) is 28.4 Å². The van der Waals surface area contributed by atoms with Crippen LogP contribution in [-0.2, 0) is 16.0 Å². The quantitative estimate of drug-likeness (QED) is 0.368. The minimum absolute atomic E-state index is 0.213. The number of carbonyl (C=O) groups is 1. The zero-order valence-electron chi connectivity index (χ0n) is 17.1. The van der Waals surface area contributed by atoms with Crippen LogP contribution in [0.5, 0.6) is 17.2 Å². The molecule has 3 rings (SSSR count). The number of hydrogen-bond donors (Lipinski definition) is 2. The van der Waals surface area contributed by atoms with E-state index in [0.29, 0.717) is 32.8 Å². The van der Waals surface area contributed by atoms with E-state index >= 15 is 0 Å². The number of hydrogen-bond acceptors (Lipinski definition) is 5. The number of carbonyl (C=O) groups excluding carboxylic acids is 1. The Hall–Kier alpha value is -3.26. The van der Waals surface area contributed by atoms with Crippen LogP contribution >= 0.6 is 0 Å². The number of aliphatic imine (C=N–C) groups is 1. The van der Waals surface area contributed by atoms with Gasteiger partial charge in [-0.1, -0.05) is 18.2 Å². The molecule has 0 aromatic heterocycles. The first kappa shape index (κ1) is 21.4. The number of ether oxygens (including phenoxy) is 4. The lowest BCUT2D eigenvalue weighted by atomic mass is 10.00. The highest BCUT2D eigenvalue weighted by atomic mass is 16.6. The standard InChI is InChI=1S/C22H27N3O5/c1-27-9-2-10-28-19-13-15(4-8-21(26)25-22(23)24)3-6-17(19)16-5-7-18-20(14-16)30-12-11-29-18/h3,5-7,13-14H,2,4,8-12H2,1H3,(H4,23,24,25,26). The van der Waals surface area contributed by atoms with Crippen molar-refractivity contribution >= 4 is 11.9 Å². The topological polar surface area (TPSA) is 118 Å². The minimum atomic E-state index is -0.353. The number of nitrogens with zero attached hydrogens (tertiary/aromatic N) is 1. The van der Waals surface area contributed by atoms with Gasteiger partial charge >= 0.3 is 0 Å². The van der Waals surface area contributed by atoms with Crippen molar-refractivity contribution in [2.24, 2.45) is 16.5 Å². The second-order valence-corrected chi connectivity index (χ2v) is 6.81. The summed E-state index contributed by atoms with van der Waals surface area (Å²) < 4.78 is 22.5. The summed E-state index contributed by atoms with van der Waals surface area (Å²) in [6.07, 6.45) is 1.49. The van der Waals surface area contributed by atoms with Crippen molar-refractivity contribution in [2.45, 2.75) is 19.3 Å². The maximum Gasteiger partial charge on any atom is 0.249 e. The van der Waals surface area contributed by atoms with Crippen molar-refractivity contribution in [2.75, 3.05) is 33.5 Å². The summed E-state index contributed by atoms with van der Waals surface area (Å²) in [6.45, 7) is 2.21. The fraction of sp³-hybridized carbons (Fsp3) is 0.364. The van der Waals surface area contributed by atoms with Crippen LogP contribution in [0.3, 0.4) is 0 Å². The Morgan fingerprint density at radius 3 is 2.63 bits per heavy atom. The molecule has 0 spiro atoms. The Morgan fingerprint density at radius 1 is 1.07 bits per heavy atom. The van der Waals surface area contributed by atoms with E-state index in [0.717, 1.165) is 40.4 Å². The van der Waals surface area contributed by atoms with Crippen LogP contribution in [0.25, 0.3) is 11.1 Å². The van der Waals surface area contributed by atoms with Gasteiger partial charge in [0.25, 0.3) is 0 Å². The van der Waals surface area contributed by atoms with Crippen molar-refractivity contribution in [1.29, 1.82) is 0 Å². The van der Waals surface area contributed by atoms with Gasteiger partial charge in [-0.05, 0) is 35.7 Å². The second-order valence-electron chi connectivity index (χ2n) is 6.81. The molecule has 0 unspecified atom stereocenters. The van der Waals surface area contributed by atoms with E-state index in [-0.39, 0.29) is 18.3 Å². The zero-order chi connectivity index (χ0) is 21.3. The molecule has 2 aromatic carbocycles. The molecule has 0 aliphatic carbocycles. The molecule has 4 N–H and O–H groups in total. The van der Waals surface area contributed by atoms with Gasteiger partial charge in [-0.3, -0.25) is 4.79 Å². The van der Waals surface area contributed by atoms with Crippen molar-refractivity contribution < 1.29 is 23.7 Å². The Bertz CT molecular complexity index is 910. The third-order valence-electron chi connectivity index (χ3n) is 4.53. The predicted molar refractivity (Wildman–Crippen MR) is 114 cm³/mol. The molecule has 0 radical (unpaired) electrons. The summed E-state index contributed by atoms with van der Waals surface area (Å²) in [6, 6.07) is 11.7. The highest BCUT2D eigenvalue weighted by Crippen LogP contribution is 2.38. The van der Waals surface area contributed by atoms with Crippen LogP contribution in [0, 0.1) is 0 Å². The Morgan fingerprint density at radius 2 is 1.87 bits per heavy atom. The van der Waals surface area contributed by atoms with Gasteiger partial charge in [0.15, 0.2) is 17.5 Å². The van der Waals surface area contributed by atoms with Crippen molar-refractivity contribution in [3.63, 3.8) is 0 Å². The van der Waals surface area contributed by atoms with E-state index in [1.54, 1.807) is 7.11 Å². The number of methoxy groups -OCH3 is 1. The first-order chi connectivity index (χ1) is 14.6. The average molecular weight is 413 g/mol. The maximum atomic E-state index is 11.8. The van der Waals surface area contributed by atoms with E-state index in [4.69, 9.17) is 30.4 Å². The zero-order valence-corrected chi connectivity index (χ0v) is 17.1. The van der Waals surface area contributed by atoms with Gasteiger partial charge < -0.3 is 30.4 Å². The smallest absolute Gasteiger partial charge is 0.249 e. The molecule has 0 atom stereocenters. The number of aryl methyl sites for hydroxylation is 1. The molecule has 0 saturated heterocycles. The van der Waals surface area contributed by atoms with Gasteiger partial charge in [-0.2, -0.15) is 4.99 Å². The minimum Gasteiger partial charge on any atom is -0.493 e. The van der Waals surface area contributed by atoms with E-state index in [1.807, 2.05) is 36.4 Å². The summed E-state index contributed by atoms with van der Waals surface area (Å²) in [5, 5.41) is 0. The fourth-order valence-corrected chi connectivity index (χ4v) is 3.13. The predicted octanol–water partition coefficient (Wildman–Crippen LogP) is 2.27. The molecule has 1 aliphatic rings. The van der Waals surface area contributed by atoms with Crippen molar-refractivity contribution in [3.05, 3.63) is 42.0 Å². The molecule has 1 aliphatic heterocycles. The molecule has 0 bridgehead atoms. The maximum absolute atomic E-state index is 11.8. The first-order valence-corrected chi connectivity index (χ1v) is 9.84. The lowest BCUT2D eigenvalue weighted by Crippen LogP contribution is -2.24. The third-order valence-corrected chi connectivity index (χ3v) is 4.53. The second kappa shape index (κ2) is 10.5. The highest BCUT2D eigenvalue weighted by molar-refractivity contribution is 5.91. The fourth-order valence-electron chi connectivity index (χ4n) is 3.13. The Balaban J connectivity index is 1.82. The summed E-state index contributed by atoms with van der Waals surface area (Å²) in [5.74, 6) is 1.61. The van der Waals surface area contributed by atoms with Gasteiger partial charge in [0.05, 0.1) is 6.61 Å². The number of fused-ring (bicyclic) bond motifs is 1. The number of benzene rings is 2. The molecule has 160 valence electrons. The highest BCUT2D eigenvalue weighted by Gasteiger charge is 2.15. The monoisotopic (exact) mass is 413 g/mol. The molecule has 30 heavy (non-hydrogen) atoms. The summed E-state index contributed by atoms with van der Waals surface area (Å²) in [7, 11) is 1.66. The Labute approximate surface area is 175 Å². The third kappa shape index (κ3) is 5.87. The summed E-state index contributed by atoms with van der Waals surface area (Å²) >= 11 is 0.